The first kappa shape index (κ1) is 19.9. The largest absolute Gasteiger partial charge is 0.478 e. The summed E-state index contributed by atoms with van der Waals surface area (Å²) in [6, 6.07) is 23.0. The third-order valence-electron chi connectivity index (χ3n) is 5.06. The number of carboxylic acid groups (broad SMARTS) is 1. The van der Waals surface area contributed by atoms with Gasteiger partial charge in [0.15, 0.2) is 0 Å². The Kier molecular flexibility index (Phi) is 5.63. The number of hydrogen-bond acceptors (Lipinski definition) is 3. The van der Waals surface area contributed by atoms with E-state index in [1.807, 2.05) is 18.2 Å². The number of nitrogens with one attached hydrogen (secondary N) is 1. The molecule has 4 aromatic rings. The molecule has 0 atom stereocenters. The van der Waals surface area contributed by atoms with Gasteiger partial charge in [0.25, 0.3) is 5.91 Å². The van der Waals surface area contributed by atoms with Gasteiger partial charge in [-0.1, -0.05) is 60.2 Å². The molecular weight excluding hydrogens is 394 g/mol. The van der Waals surface area contributed by atoms with E-state index in [0.717, 1.165) is 26.1 Å². The second-order valence-electron chi connectivity index (χ2n) is 7.25. The zero-order valence-corrected chi connectivity index (χ0v) is 17.3. The summed E-state index contributed by atoms with van der Waals surface area (Å²) < 4.78 is 1.09. The highest BCUT2D eigenvalue weighted by atomic mass is 32.1. The van der Waals surface area contributed by atoms with E-state index >= 15 is 0 Å². The Bertz CT molecular complexity index is 1210. The van der Waals surface area contributed by atoms with E-state index in [4.69, 9.17) is 5.11 Å². The van der Waals surface area contributed by atoms with Gasteiger partial charge >= 0.3 is 5.97 Å². The predicted octanol–water partition coefficient (Wildman–Crippen LogP) is 5.43. The molecule has 0 aliphatic heterocycles. The summed E-state index contributed by atoms with van der Waals surface area (Å²) in [7, 11) is 0. The van der Waals surface area contributed by atoms with E-state index < -0.39 is 5.97 Å². The van der Waals surface area contributed by atoms with Crippen molar-refractivity contribution in [2.45, 2.75) is 19.9 Å². The fraction of sp³-hybridized carbons (Fsp3) is 0.120. The van der Waals surface area contributed by atoms with Gasteiger partial charge in [-0.05, 0) is 53.6 Å². The molecule has 0 saturated carbocycles. The molecule has 0 unspecified atom stereocenters. The Morgan fingerprint density at radius 3 is 2.27 bits per heavy atom. The van der Waals surface area contributed by atoms with Gasteiger partial charge in [0.1, 0.15) is 0 Å². The summed E-state index contributed by atoms with van der Waals surface area (Å²) in [6.07, 6.45) is 0.695. The first-order chi connectivity index (χ1) is 14.5. The van der Waals surface area contributed by atoms with Crippen molar-refractivity contribution in [3.8, 4) is 0 Å². The van der Waals surface area contributed by atoms with Gasteiger partial charge < -0.3 is 10.4 Å². The van der Waals surface area contributed by atoms with E-state index in [-0.39, 0.29) is 11.5 Å². The van der Waals surface area contributed by atoms with Gasteiger partial charge in [-0.25, -0.2) is 4.79 Å². The normalized spacial score (nSPS) is 10.8. The van der Waals surface area contributed by atoms with Crippen LogP contribution in [0, 0.1) is 6.92 Å². The lowest BCUT2D eigenvalue weighted by Crippen LogP contribution is -2.23. The molecule has 4 rings (SSSR count). The lowest BCUT2D eigenvalue weighted by Gasteiger charge is -2.08. The van der Waals surface area contributed by atoms with Crippen molar-refractivity contribution in [3.63, 3.8) is 0 Å². The van der Waals surface area contributed by atoms with Gasteiger partial charge in [0.2, 0.25) is 0 Å². The molecule has 1 aromatic heterocycles. The number of aromatic carboxylic acids is 1. The third-order valence-corrected chi connectivity index (χ3v) is 6.27. The molecular formula is C25H21NO3S. The molecule has 0 spiro atoms. The van der Waals surface area contributed by atoms with Gasteiger partial charge in [-0.15, -0.1) is 11.3 Å². The summed E-state index contributed by atoms with van der Waals surface area (Å²) in [5.41, 5.74) is 4.51. The molecule has 0 saturated heterocycles. The molecule has 0 aliphatic rings. The number of aryl methyl sites for hydroxylation is 1. The highest BCUT2D eigenvalue weighted by Crippen LogP contribution is 2.33. The smallest absolute Gasteiger partial charge is 0.335 e. The predicted molar refractivity (Wildman–Crippen MR) is 120 cm³/mol. The van der Waals surface area contributed by atoms with Gasteiger partial charge in [0.05, 0.1) is 10.4 Å². The summed E-state index contributed by atoms with van der Waals surface area (Å²) in [4.78, 5) is 24.7. The number of benzene rings is 3. The van der Waals surface area contributed by atoms with Crippen LogP contribution in [0.25, 0.3) is 10.1 Å². The quantitative estimate of drug-likeness (QED) is 0.441. The van der Waals surface area contributed by atoms with E-state index in [2.05, 4.69) is 42.6 Å². The average Bonchev–Trinajstić information content (AvgIpc) is 3.12. The van der Waals surface area contributed by atoms with Crippen molar-refractivity contribution in [3.05, 3.63) is 105 Å². The summed E-state index contributed by atoms with van der Waals surface area (Å²) in [6.45, 7) is 2.41. The lowest BCUT2D eigenvalue weighted by atomic mass is 10.0. The molecule has 3 aromatic carbocycles. The second-order valence-corrected chi connectivity index (χ2v) is 8.31. The van der Waals surface area contributed by atoms with Crippen LogP contribution < -0.4 is 5.32 Å². The van der Waals surface area contributed by atoms with Gasteiger partial charge in [-0.2, -0.15) is 0 Å². The monoisotopic (exact) mass is 415 g/mol. The number of thiophene rings is 1. The molecule has 0 radical (unpaired) electrons. The molecule has 1 amide bonds. The highest BCUT2D eigenvalue weighted by Gasteiger charge is 2.18. The van der Waals surface area contributed by atoms with Crippen LogP contribution in [-0.2, 0) is 13.0 Å². The number of carboxylic acids is 1. The number of carbonyl (C=O) groups excluding carboxylic acids is 1. The summed E-state index contributed by atoms with van der Waals surface area (Å²) >= 11 is 1.51. The Hall–Kier alpha value is -3.44. The topological polar surface area (TPSA) is 66.4 Å². The van der Waals surface area contributed by atoms with Gasteiger partial charge in [-0.3, -0.25) is 4.79 Å². The third kappa shape index (κ3) is 4.26. The van der Waals surface area contributed by atoms with Crippen LogP contribution >= 0.6 is 11.3 Å². The van der Waals surface area contributed by atoms with Crippen molar-refractivity contribution >= 4 is 33.3 Å². The molecule has 4 nitrogen and oxygen atoms in total. The molecule has 5 heteroatoms. The SMILES string of the molecule is Cc1ccc(Cc2c(C(=O)NCc3ccc(C(=O)O)cc3)sc3ccccc23)cc1. The van der Waals surface area contributed by atoms with Gasteiger partial charge in [0, 0.05) is 11.2 Å². The summed E-state index contributed by atoms with van der Waals surface area (Å²) in [5, 5.41) is 13.1. The number of amides is 1. The fourth-order valence-corrected chi connectivity index (χ4v) is 4.53. The standard InChI is InChI=1S/C25H21NO3S/c1-16-6-8-17(9-7-16)14-21-20-4-2-3-5-22(20)30-23(21)24(27)26-15-18-10-12-19(13-11-18)25(28)29/h2-13H,14-15H2,1H3,(H,26,27)(H,28,29). The van der Waals surface area contributed by atoms with Crippen molar-refractivity contribution in [2.75, 3.05) is 0 Å². The maximum absolute atomic E-state index is 13.0. The number of fused-ring (bicyclic) bond motifs is 1. The van der Waals surface area contributed by atoms with Crippen LogP contribution in [0.1, 0.15) is 42.3 Å². The minimum Gasteiger partial charge on any atom is -0.478 e. The second kappa shape index (κ2) is 8.51. The zero-order valence-electron chi connectivity index (χ0n) is 16.5. The van der Waals surface area contributed by atoms with Crippen LogP contribution in [0.5, 0.6) is 0 Å². The summed E-state index contributed by atoms with van der Waals surface area (Å²) in [5.74, 6) is -1.07. The molecule has 2 N–H and O–H groups in total. The lowest BCUT2D eigenvalue weighted by molar-refractivity contribution is 0.0696. The van der Waals surface area contributed by atoms with E-state index in [9.17, 15) is 9.59 Å². The fourth-order valence-electron chi connectivity index (χ4n) is 3.40. The Morgan fingerprint density at radius 2 is 1.57 bits per heavy atom. The van der Waals surface area contributed by atoms with Crippen molar-refractivity contribution in [1.82, 2.24) is 5.32 Å². The molecule has 0 bridgehead atoms. The minimum atomic E-state index is -0.961. The Labute approximate surface area is 178 Å². The van der Waals surface area contributed by atoms with E-state index in [0.29, 0.717) is 13.0 Å². The van der Waals surface area contributed by atoms with Crippen LogP contribution in [0.2, 0.25) is 0 Å². The van der Waals surface area contributed by atoms with Crippen molar-refractivity contribution in [1.29, 1.82) is 0 Å². The van der Waals surface area contributed by atoms with E-state index in [1.54, 1.807) is 24.3 Å². The first-order valence-corrected chi connectivity index (χ1v) is 10.5. The van der Waals surface area contributed by atoms with Crippen LogP contribution in [-0.4, -0.2) is 17.0 Å². The molecule has 30 heavy (non-hydrogen) atoms. The van der Waals surface area contributed by atoms with E-state index in [1.165, 1.54) is 22.5 Å². The maximum Gasteiger partial charge on any atom is 0.335 e. The number of carbonyl (C=O) groups is 2. The van der Waals surface area contributed by atoms with Crippen LogP contribution in [0.3, 0.4) is 0 Å². The Balaban J connectivity index is 1.58. The van der Waals surface area contributed by atoms with Crippen molar-refractivity contribution in [2.24, 2.45) is 0 Å². The molecule has 0 fully saturated rings. The zero-order chi connectivity index (χ0) is 21.1. The minimum absolute atomic E-state index is 0.111. The first-order valence-electron chi connectivity index (χ1n) is 9.67. The van der Waals surface area contributed by atoms with Crippen LogP contribution in [0.15, 0.2) is 72.8 Å². The maximum atomic E-state index is 13.0. The molecule has 0 aliphatic carbocycles. The number of rotatable bonds is 6. The molecule has 150 valence electrons. The molecule has 1 heterocycles. The van der Waals surface area contributed by atoms with Crippen LogP contribution in [0.4, 0.5) is 0 Å². The van der Waals surface area contributed by atoms with Crippen molar-refractivity contribution < 1.29 is 14.7 Å². The number of hydrogen-bond donors (Lipinski definition) is 2. The average molecular weight is 416 g/mol. The Morgan fingerprint density at radius 1 is 0.900 bits per heavy atom. The highest BCUT2D eigenvalue weighted by molar-refractivity contribution is 7.21.